The van der Waals surface area contributed by atoms with Gasteiger partial charge in [0.1, 0.15) is 5.75 Å². The first-order valence-corrected chi connectivity index (χ1v) is 9.73. The lowest BCUT2D eigenvalue weighted by molar-refractivity contribution is -0.127. The Labute approximate surface area is 162 Å². The van der Waals surface area contributed by atoms with Crippen LogP contribution in [0.2, 0.25) is 0 Å². The van der Waals surface area contributed by atoms with Gasteiger partial charge in [0.15, 0.2) is 0 Å². The number of pyridine rings is 1. The summed E-state index contributed by atoms with van der Waals surface area (Å²) in [5, 5.41) is 2.11. The van der Waals surface area contributed by atoms with Crippen molar-refractivity contribution >= 4 is 23.3 Å². The van der Waals surface area contributed by atoms with Crippen LogP contribution in [0.15, 0.2) is 66.3 Å². The molecule has 136 valence electrons. The second-order valence-electron chi connectivity index (χ2n) is 6.37. The van der Waals surface area contributed by atoms with Crippen LogP contribution < -0.4 is 4.74 Å². The SMILES string of the molecule is COc1ccc(C=CC(=O)N2CCc3sccc3C2c2ccncc2)cc1. The molecule has 3 aromatic rings. The van der Waals surface area contributed by atoms with Gasteiger partial charge in [-0.15, -0.1) is 11.3 Å². The molecule has 1 aliphatic rings. The first-order chi connectivity index (χ1) is 13.3. The summed E-state index contributed by atoms with van der Waals surface area (Å²) in [7, 11) is 1.64. The molecule has 3 heterocycles. The van der Waals surface area contributed by atoms with E-state index in [0.29, 0.717) is 6.54 Å². The van der Waals surface area contributed by atoms with Crippen LogP contribution in [0.3, 0.4) is 0 Å². The average molecular weight is 376 g/mol. The van der Waals surface area contributed by atoms with E-state index in [-0.39, 0.29) is 11.9 Å². The number of carbonyl (C=O) groups excluding carboxylic acids is 1. The van der Waals surface area contributed by atoms with Crippen molar-refractivity contribution in [3.05, 3.63) is 87.9 Å². The number of amides is 1. The summed E-state index contributed by atoms with van der Waals surface area (Å²) in [6, 6.07) is 13.7. The van der Waals surface area contributed by atoms with Gasteiger partial charge in [-0.05, 0) is 64.9 Å². The highest BCUT2D eigenvalue weighted by atomic mass is 32.1. The lowest BCUT2D eigenvalue weighted by Crippen LogP contribution is -2.39. The van der Waals surface area contributed by atoms with Gasteiger partial charge in [0, 0.05) is 29.9 Å². The fourth-order valence-electron chi connectivity index (χ4n) is 3.44. The van der Waals surface area contributed by atoms with Gasteiger partial charge >= 0.3 is 0 Å². The van der Waals surface area contributed by atoms with Crippen LogP contribution in [-0.4, -0.2) is 29.4 Å². The van der Waals surface area contributed by atoms with E-state index in [1.54, 1.807) is 36.9 Å². The third kappa shape index (κ3) is 3.64. The van der Waals surface area contributed by atoms with Gasteiger partial charge < -0.3 is 9.64 Å². The molecule has 4 rings (SSSR count). The van der Waals surface area contributed by atoms with Gasteiger partial charge in [-0.3, -0.25) is 9.78 Å². The minimum Gasteiger partial charge on any atom is -0.497 e. The largest absolute Gasteiger partial charge is 0.497 e. The standard InChI is InChI=1S/C22H20N2O2S/c1-26-18-5-2-16(3-6-18)4-7-21(25)24-14-10-20-19(11-15-27-20)22(24)17-8-12-23-13-9-17/h2-9,11-13,15,22H,10,14H2,1H3. The quantitative estimate of drug-likeness (QED) is 0.636. The number of hydrogen-bond donors (Lipinski definition) is 0. The zero-order valence-corrected chi connectivity index (χ0v) is 15.9. The Kier molecular flexibility index (Phi) is 5.03. The molecule has 0 radical (unpaired) electrons. The van der Waals surface area contributed by atoms with E-state index in [0.717, 1.165) is 23.3 Å². The predicted molar refractivity (Wildman–Crippen MR) is 108 cm³/mol. The van der Waals surface area contributed by atoms with Gasteiger partial charge in [0.05, 0.1) is 13.2 Å². The van der Waals surface area contributed by atoms with Crippen molar-refractivity contribution in [1.82, 2.24) is 9.88 Å². The first kappa shape index (κ1) is 17.5. The Morgan fingerprint density at radius 1 is 1.19 bits per heavy atom. The number of hydrogen-bond acceptors (Lipinski definition) is 4. The van der Waals surface area contributed by atoms with Gasteiger partial charge in [-0.25, -0.2) is 0 Å². The molecule has 1 atom stereocenters. The fraction of sp³-hybridized carbons (Fsp3) is 0.182. The Morgan fingerprint density at radius 3 is 2.70 bits per heavy atom. The maximum atomic E-state index is 13.0. The lowest BCUT2D eigenvalue weighted by Gasteiger charge is -2.35. The fourth-order valence-corrected chi connectivity index (χ4v) is 4.34. The van der Waals surface area contributed by atoms with E-state index >= 15 is 0 Å². The Hall–Kier alpha value is -2.92. The van der Waals surface area contributed by atoms with Gasteiger partial charge in [0.2, 0.25) is 5.91 Å². The molecule has 2 aromatic heterocycles. The number of carbonyl (C=O) groups is 1. The highest BCUT2D eigenvalue weighted by molar-refractivity contribution is 7.10. The minimum atomic E-state index is -0.0592. The van der Waals surface area contributed by atoms with E-state index in [1.165, 1.54) is 10.4 Å². The smallest absolute Gasteiger partial charge is 0.247 e. The molecule has 0 saturated carbocycles. The molecule has 0 fully saturated rings. The monoisotopic (exact) mass is 376 g/mol. The van der Waals surface area contributed by atoms with Crippen LogP contribution in [0.25, 0.3) is 6.08 Å². The molecule has 1 aromatic carbocycles. The Bertz CT molecular complexity index is 948. The number of aromatic nitrogens is 1. The van der Waals surface area contributed by atoms with Crippen molar-refractivity contribution in [2.75, 3.05) is 13.7 Å². The van der Waals surface area contributed by atoms with E-state index in [9.17, 15) is 4.79 Å². The molecular weight excluding hydrogens is 356 g/mol. The number of ether oxygens (including phenoxy) is 1. The first-order valence-electron chi connectivity index (χ1n) is 8.85. The van der Waals surface area contributed by atoms with Gasteiger partial charge in [-0.1, -0.05) is 12.1 Å². The molecule has 0 spiro atoms. The second kappa shape index (κ2) is 7.76. The molecule has 0 N–H and O–H groups in total. The zero-order chi connectivity index (χ0) is 18.6. The minimum absolute atomic E-state index is 0.0180. The number of benzene rings is 1. The molecule has 1 aliphatic heterocycles. The predicted octanol–water partition coefficient (Wildman–Crippen LogP) is 4.34. The number of methoxy groups -OCH3 is 1. The van der Waals surface area contributed by atoms with Crippen molar-refractivity contribution in [3.63, 3.8) is 0 Å². The number of fused-ring (bicyclic) bond motifs is 1. The molecule has 1 unspecified atom stereocenters. The summed E-state index contributed by atoms with van der Waals surface area (Å²) in [5.41, 5.74) is 3.29. The molecule has 27 heavy (non-hydrogen) atoms. The van der Waals surface area contributed by atoms with Crippen LogP contribution in [0.5, 0.6) is 5.75 Å². The van der Waals surface area contributed by atoms with E-state index in [1.807, 2.05) is 47.4 Å². The molecule has 0 aliphatic carbocycles. The molecule has 0 saturated heterocycles. The third-order valence-corrected chi connectivity index (χ3v) is 5.80. The molecule has 1 amide bonds. The van der Waals surface area contributed by atoms with Crippen LogP contribution in [0.4, 0.5) is 0 Å². The average Bonchev–Trinajstić information content (AvgIpc) is 3.21. The van der Waals surface area contributed by atoms with Gasteiger partial charge in [-0.2, -0.15) is 0 Å². The van der Waals surface area contributed by atoms with Crippen molar-refractivity contribution in [3.8, 4) is 5.75 Å². The van der Waals surface area contributed by atoms with Crippen LogP contribution in [-0.2, 0) is 11.2 Å². The van der Waals surface area contributed by atoms with Crippen molar-refractivity contribution in [2.24, 2.45) is 0 Å². The maximum absolute atomic E-state index is 13.0. The highest BCUT2D eigenvalue weighted by Gasteiger charge is 2.31. The summed E-state index contributed by atoms with van der Waals surface area (Å²) in [4.78, 5) is 20.4. The second-order valence-corrected chi connectivity index (χ2v) is 7.37. The Balaban J connectivity index is 1.60. The molecule has 0 bridgehead atoms. The summed E-state index contributed by atoms with van der Waals surface area (Å²) < 4.78 is 5.18. The number of rotatable bonds is 4. The summed E-state index contributed by atoms with van der Waals surface area (Å²) in [5.74, 6) is 0.821. The summed E-state index contributed by atoms with van der Waals surface area (Å²) >= 11 is 1.77. The van der Waals surface area contributed by atoms with Crippen LogP contribution in [0, 0.1) is 0 Å². The molecular formula is C22H20N2O2S. The number of thiophene rings is 1. The highest BCUT2D eigenvalue weighted by Crippen LogP contribution is 2.37. The van der Waals surface area contributed by atoms with Crippen LogP contribution >= 0.6 is 11.3 Å². The summed E-state index contributed by atoms with van der Waals surface area (Å²) in [6.45, 7) is 0.715. The van der Waals surface area contributed by atoms with Crippen molar-refractivity contribution in [1.29, 1.82) is 0 Å². The van der Waals surface area contributed by atoms with E-state index in [2.05, 4.69) is 16.4 Å². The van der Waals surface area contributed by atoms with Crippen LogP contribution in [0.1, 0.15) is 27.6 Å². The molecule has 4 nitrogen and oxygen atoms in total. The van der Waals surface area contributed by atoms with E-state index < -0.39 is 0 Å². The number of nitrogens with zero attached hydrogens (tertiary/aromatic N) is 2. The molecule has 5 heteroatoms. The summed E-state index contributed by atoms with van der Waals surface area (Å²) in [6.07, 6.45) is 7.98. The zero-order valence-electron chi connectivity index (χ0n) is 15.0. The van der Waals surface area contributed by atoms with Crippen molar-refractivity contribution in [2.45, 2.75) is 12.5 Å². The van der Waals surface area contributed by atoms with Crippen molar-refractivity contribution < 1.29 is 9.53 Å². The maximum Gasteiger partial charge on any atom is 0.247 e. The Morgan fingerprint density at radius 2 is 1.96 bits per heavy atom. The third-order valence-electron chi connectivity index (χ3n) is 4.80. The van der Waals surface area contributed by atoms with E-state index in [4.69, 9.17) is 4.74 Å². The lowest BCUT2D eigenvalue weighted by atomic mass is 9.94. The normalized spacial score (nSPS) is 16.3. The topological polar surface area (TPSA) is 42.4 Å². The van der Waals surface area contributed by atoms with Gasteiger partial charge in [0.25, 0.3) is 0 Å².